The second-order valence-electron chi connectivity index (χ2n) is 5.81. The lowest BCUT2D eigenvalue weighted by molar-refractivity contribution is -0.0557. The number of aliphatic hydroxyl groups is 1. The van der Waals surface area contributed by atoms with Gasteiger partial charge in [-0.25, -0.2) is 0 Å². The van der Waals surface area contributed by atoms with Gasteiger partial charge in [0, 0.05) is 51.4 Å². The third-order valence-corrected chi connectivity index (χ3v) is 4.72. The van der Waals surface area contributed by atoms with Crippen LogP contribution in [0.3, 0.4) is 0 Å². The summed E-state index contributed by atoms with van der Waals surface area (Å²) in [5.41, 5.74) is 0. The number of nitrogens with one attached hydrogen (secondary N) is 1. The van der Waals surface area contributed by atoms with Crippen LogP contribution in [0, 0.1) is 0 Å². The molecule has 0 spiro atoms. The van der Waals surface area contributed by atoms with Crippen LogP contribution in [0.4, 0.5) is 0 Å². The Balaban J connectivity index is 1.46. The minimum absolute atomic E-state index is 0.0623. The summed E-state index contributed by atoms with van der Waals surface area (Å²) in [6.45, 7) is 7.05. The van der Waals surface area contributed by atoms with Crippen LogP contribution in [0.15, 0.2) is 0 Å². The van der Waals surface area contributed by atoms with Gasteiger partial charge in [0.2, 0.25) is 0 Å². The van der Waals surface area contributed by atoms with E-state index in [-0.39, 0.29) is 6.10 Å². The average Bonchev–Trinajstić information content (AvgIpc) is 2.31. The number of hydrogen-bond donors (Lipinski definition) is 2. The van der Waals surface area contributed by atoms with Crippen molar-refractivity contribution in [2.45, 2.75) is 43.9 Å². The van der Waals surface area contributed by atoms with Gasteiger partial charge in [0.05, 0.1) is 6.10 Å². The molecule has 0 amide bonds. The predicted octanol–water partition coefficient (Wildman–Crippen LogP) is -0.121. The number of piperazine rings is 1. The van der Waals surface area contributed by atoms with E-state index in [0.717, 1.165) is 25.6 Å². The molecule has 0 aromatic carbocycles. The molecular formula is C13H25N3O. The highest BCUT2D eigenvalue weighted by Crippen LogP contribution is 2.28. The van der Waals surface area contributed by atoms with Crippen molar-refractivity contribution in [3.8, 4) is 0 Å². The van der Waals surface area contributed by atoms with Crippen molar-refractivity contribution >= 4 is 0 Å². The average molecular weight is 239 g/mol. The van der Waals surface area contributed by atoms with Gasteiger partial charge in [-0.1, -0.05) is 12.8 Å². The minimum Gasteiger partial charge on any atom is -0.391 e. The van der Waals surface area contributed by atoms with Crippen LogP contribution in [-0.2, 0) is 0 Å². The van der Waals surface area contributed by atoms with Gasteiger partial charge in [0.25, 0.3) is 0 Å². The number of likely N-dealkylation sites (tertiary alicyclic amines) is 1. The lowest BCUT2D eigenvalue weighted by atomic mass is 9.88. The SMILES string of the molecule is OC1CCCCC1N1CC(N2CCNCC2)C1. The maximum atomic E-state index is 10.0. The Kier molecular flexibility index (Phi) is 3.66. The highest BCUT2D eigenvalue weighted by Gasteiger charge is 2.39. The number of rotatable bonds is 2. The third kappa shape index (κ3) is 2.50. The molecule has 3 rings (SSSR count). The zero-order chi connectivity index (χ0) is 11.7. The molecule has 3 aliphatic rings. The molecular weight excluding hydrogens is 214 g/mol. The lowest BCUT2D eigenvalue weighted by Crippen LogP contribution is -2.66. The number of aliphatic hydroxyl groups excluding tert-OH is 1. The molecule has 17 heavy (non-hydrogen) atoms. The topological polar surface area (TPSA) is 38.7 Å². The summed E-state index contributed by atoms with van der Waals surface area (Å²) >= 11 is 0. The largest absolute Gasteiger partial charge is 0.391 e. The summed E-state index contributed by atoms with van der Waals surface area (Å²) in [5.74, 6) is 0. The Bertz CT molecular complexity index is 249. The van der Waals surface area contributed by atoms with Crippen molar-refractivity contribution in [1.82, 2.24) is 15.1 Å². The maximum absolute atomic E-state index is 10.0. The number of nitrogens with zero attached hydrogens (tertiary/aromatic N) is 2. The molecule has 2 saturated heterocycles. The molecule has 2 aliphatic heterocycles. The molecule has 2 atom stereocenters. The van der Waals surface area contributed by atoms with Crippen LogP contribution in [-0.4, -0.2) is 72.4 Å². The van der Waals surface area contributed by atoms with Crippen LogP contribution in [0.1, 0.15) is 25.7 Å². The quantitative estimate of drug-likeness (QED) is 0.705. The van der Waals surface area contributed by atoms with E-state index in [0.29, 0.717) is 6.04 Å². The first-order chi connectivity index (χ1) is 8.34. The van der Waals surface area contributed by atoms with E-state index in [1.54, 1.807) is 0 Å². The first-order valence-electron chi connectivity index (χ1n) is 7.21. The summed E-state index contributed by atoms with van der Waals surface area (Å²) in [7, 11) is 0. The van der Waals surface area contributed by atoms with Gasteiger partial charge in [-0.3, -0.25) is 9.80 Å². The second-order valence-corrected chi connectivity index (χ2v) is 5.81. The normalized spacial score (nSPS) is 37.9. The van der Waals surface area contributed by atoms with Gasteiger partial charge in [-0.05, 0) is 12.8 Å². The number of hydrogen-bond acceptors (Lipinski definition) is 4. The molecule has 0 aromatic rings. The van der Waals surface area contributed by atoms with Crippen LogP contribution >= 0.6 is 0 Å². The molecule has 2 heterocycles. The summed E-state index contributed by atoms with van der Waals surface area (Å²) in [6, 6.07) is 1.22. The van der Waals surface area contributed by atoms with Gasteiger partial charge in [-0.2, -0.15) is 0 Å². The fourth-order valence-corrected chi connectivity index (χ4v) is 3.55. The first-order valence-corrected chi connectivity index (χ1v) is 7.21. The van der Waals surface area contributed by atoms with Crippen molar-refractivity contribution < 1.29 is 5.11 Å². The zero-order valence-corrected chi connectivity index (χ0v) is 10.6. The van der Waals surface area contributed by atoms with Gasteiger partial charge in [0.15, 0.2) is 0 Å². The molecule has 0 radical (unpaired) electrons. The molecule has 3 fully saturated rings. The van der Waals surface area contributed by atoms with E-state index in [4.69, 9.17) is 0 Å². The Morgan fingerprint density at radius 2 is 1.65 bits per heavy atom. The molecule has 98 valence electrons. The van der Waals surface area contributed by atoms with E-state index < -0.39 is 0 Å². The Labute approximate surface area is 104 Å². The van der Waals surface area contributed by atoms with Crippen LogP contribution in [0.5, 0.6) is 0 Å². The molecule has 4 nitrogen and oxygen atoms in total. The van der Waals surface area contributed by atoms with E-state index in [9.17, 15) is 5.11 Å². The maximum Gasteiger partial charge on any atom is 0.0695 e. The van der Waals surface area contributed by atoms with Crippen molar-refractivity contribution in [2.24, 2.45) is 0 Å². The first kappa shape index (κ1) is 11.9. The minimum atomic E-state index is -0.0623. The molecule has 2 N–H and O–H groups in total. The van der Waals surface area contributed by atoms with E-state index >= 15 is 0 Å². The van der Waals surface area contributed by atoms with Crippen LogP contribution in [0.2, 0.25) is 0 Å². The van der Waals surface area contributed by atoms with Gasteiger partial charge in [-0.15, -0.1) is 0 Å². The Morgan fingerprint density at radius 1 is 0.941 bits per heavy atom. The highest BCUT2D eigenvalue weighted by atomic mass is 16.3. The van der Waals surface area contributed by atoms with Crippen LogP contribution < -0.4 is 5.32 Å². The zero-order valence-electron chi connectivity index (χ0n) is 10.6. The van der Waals surface area contributed by atoms with Crippen LogP contribution in [0.25, 0.3) is 0 Å². The molecule has 1 saturated carbocycles. The fourth-order valence-electron chi connectivity index (χ4n) is 3.55. The van der Waals surface area contributed by atoms with Crippen molar-refractivity contribution in [3.63, 3.8) is 0 Å². The van der Waals surface area contributed by atoms with E-state index in [1.807, 2.05) is 0 Å². The standard InChI is InChI=1S/C13H25N3O/c17-13-4-2-1-3-12(13)16-9-11(10-16)15-7-5-14-6-8-15/h11-14,17H,1-10H2. The van der Waals surface area contributed by atoms with Gasteiger partial charge in [0.1, 0.15) is 0 Å². The molecule has 0 aromatic heterocycles. The molecule has 1 aliphatic carbocycles. The van der Waals surface area contributed by atoms with Crippen molar-refractivity contribution in [1.29, 1.82) is 0 Å². The molecule has 0 bridgehead atoms. The second kappa shape index (κ2) is 5.22. The predicted molar refractivity (Wildman–Crippen MR) is 68.1 cm³/mol. The Hall–Kier alpha value is -0.160. The van der Waals surface area contributed by atoms with Gasteiger partial charge >= 0.3 is 0 Å². The van der Waals surface area contributed by atoms with Crippen molar-refractivity contribution in [2.75, 3.05) is 39.3 Å². The molecule has 2 unspecified atom stereocenters. The Morgan fingerprint density at radius 3 is 2.35 bits per heavy atom. The summed E-state index contributed by atoms with van der Waals surface area (Å²) in [6.07, 6.45) is 4.67. The van der Waals surface area contributed by atoms with E-state index in [2.05, 4.69) is 15.1 Å². The monoisotopic (exact) mass is 239 g/mol. The molecule has 4 heteroatoms. The van der Waals surface area contributed by atoms with E-state index in [1.165, 1.54) is 45.4 Å². The van der Waals surface area contributed by atoms with Crippen molar-refractivity contribution in [3.05, 3.63) is 0 Å². The lowest BCUT2D eigenvalue weighted by Gasteiger charge is -2.51. The smallest absolute Gasteiger partial charge is 0.0695 e. The highest BCUT2D eigenvalue weighted by molar-refractivity contribution is 4.96. The fraction of sp³-hybridized carbons (Fsp3) is 1.00. The summed E-state index contributed by atoms with van der Waals surface area (Å²) < 4.78 is 0. The summed E-state index contributed by atoms with van der Waals surface area (Å²) in [4.78, 5) is 5.12. The third-order valence-electron chi connectivity index (χ3n) is 4.72. The summed E-state index contributed by atoms with van der Waals surface area (Å²) in [5, 5.41) is 13.4. The van der Waals surface area contributed by atoms with Gasteiger partial charge < -0.3 is 10.4 Å².